The fourth-order valence-corrected chi connectivity index (χ4v) is 2.49. The summed E-state index contributed by atoms with van der Waals surface area (Å²) in [7, 11) is 0. The number of amides is 1. The van der Waals surface area contributed by atoms with Gasteiger partial charge in [-0.3, -0.25) is 4.79 Å². The highest BCUT2D eigenvalue weighted by molar-refractivity contribution is 5.76. The second-order valence-electron chi connectivity index (χ2n) is 5.36. The Balaban J connectivity index is 2.05. The van der Waals surface area contributed by atoms with Crippen LogP contribution in [0.5, 0.6) is 5.75 Å². The molecule has 0 aromatic heterocycles. The molecule has 0 bridgehead atoms. The first-order chi connectivity index (χ1) is 9.61. The molecule has 1 aromatic rings. The number of benzene rings is 1. The monoisotopic (exact) mass is 276 g/mol. The van der Waals surface area contributed by atoms with Crippen molar-refractivity contribution >= 4 is 11.6 Å². The summed E-state index contributed by atoms with van der Waals surface area (Å²) in [6, 6.07) is 8.14. The average molecular weight is 276 g/mol. The number of carbonyl (C=O) groups excluding carboxylic acids is 1. The summed E-state index contributed by atoms with van der Waals surface area (Å²) in [5, 5.41) is 0. The smallest absolute Gasteiger partial charge is 0.222 e. The maximum Gasteiger partial charge on any atom is 0.222 e. The van der Waals surface area contributed by atoms with Gasteiger partial charge in [-0.15, -0.1) is 0 Å². The average Bonchev–Trinajstić information content (AvgIpc) is 2.46. The molecule has 0 aliphatic carbocycles. The van der Waals surface area contributed by atoms with Gasteiger partial charge >= 0.3 is 0 Å². The molecule has 0 atom stereocenters. The summed E-state index contributed by atoms with van der Waals surface area (Å²) >= 11 is 0. The Labute approximate surface area is 121 Å². The summed E-state index contributed by atoms with van der Waals surface area (Å²) < 4.78 is 5.87. The van der Waals surface area contributed by atoms with Crippen molar-refractivity contribution in [3.05, 3.63) is 24.3 Å². The molecule has 1 aliphatic rings. The molecule has 20 heavy (non-hydrogen) atoms. The highest BCUT2D eigenvalue weighted by Gasteiger charge is 2.22. The van der Waals surface area contributed by atoms with E-state index >= 15 is 0 Å². The Morgan fingerprint density at radius 2 is 1.85 bits per heavy atom. The topological polar surface area (TPSA) is 32.8 Å². The minimum Gasteiger partial charge on any atom is -0.489 e. The highest BCUT2D eigenvalue weighted by Crippen LogP contribution is 2.29. The van der Waals surface area contributed by atoms with Gasteiger partial charge < -0.3 is 14.5 Å². The first-order valence-corrected chi connectivity index (χ1v) is 7.40. The molecule has 1 fully saturated rings. The second-order valence-corrected chi connectivity index (χ2v) is 5.36. The molecule has 0 radical (unpaired) electrons. The molecular weight excluding hydrogens is 252 g/mol. The van der Waals surface area contributed by atoms with E-state index in [1.807, 2.05) is 43.9 Å². The Kier molecular flexibility index (Phi) is 4.88. The van der Waals surface area contributed by atoms with E-state index in [2.05, 4.69) is 11.0 Å². The molecule has 0 unspecified atom stereocenters. The van der Waals surface area contributed by atoms with Crippen molar-refractivity contribution in [2.24, 2.45) is 0 Å². The largest absolute Gasteiger partial charge is 0.489 e. The molecule has 0 N–H and O–H groups in total. The first kappa shape index (κ1) is 14.7. The van der Waals surface area contributed by atoms with Crippen molar-refractivity contribution in [2.75, 3.05) is 31.1 Å². The predicted octanol–water partition coefficient (Wildman–Crippen LogP) is 2.53. The van der Waals surface area contributed by atoms with Crippen LogP contribution in [0.4, 0.5) is 5.69 Å². The zero-order chi connectivity index (χ0) is 14.5. The minimum atomic E-state index is 0.166. The highest BCUT2D eigenvalue weighted by atomic mass is 16.5. The lowest BCUT2D eigenvalue weighted by atomic mass is 10.2. The van der Waals surface area contributed by atoms with Crippen LogP contribution in [0, 0.1) is 0 Å². The van der Waals surface area contributed by atoms with Crippen LogP contribution >= 0.6 is 0 Å². The van der Waals surface area contributed by atoms with Crippen molar-refractivity contribution in [3.8, 4) is 5.75 Å². The molecule has 4 heteroatoms. The fourth-order valence-electron chi connectivity index (χ4n) is 2.49. The SMILES string of the molecule is CCC(=O)N1CCN(c2ccccc2OC(C)C)CC1. The molecule has 1 aliphatic heterocycles. The molecule has 1 amide bonds. The summed E-state index contributed by atoms with van der Waals surface area (Å²) in [4.78, 5) is 16.0. The molecule has 1 aromatic carbocycles. The van der Waals surface area contributed by atoms with Crippen LogP contribution in [0.15, 0.2) is 24.3 Å². The van der Waals surface area contributed by atoms with Crippen molar-refractivity contribution in [2.45, 2.75) is 33.3 Å². The van der Waals surface area contributed by atoms with E-state index < -0.39 is 0 Å². The number of nitrogens with zero attached hydrogens (tertiary/aromatic N) is 2. The summed E-state index contributed by atoms with van der Waals surface area (Å²) in [5.41, 5.74) is 1.13. The van der Waals surface area contributed by atoms with E-state index in [0.717, 1.165) is 37.6 Å². The number of hydrogen-bond donors (Lipinski definition) is 0. The lowest BCUT2D eigenvalue weighted by Crippen LogP contribution is -2.48. The van der Waals surface area contributed by atoms with Crippen LogP contribution in [0.1, 0.15) is 27.2 Å². The molecule has 110 valence electrons. The molecule has 0 saturated carbocycles. The minimum absolute atomic E-state index is 0.166. The lowest BCUT2D eigenvalue weighted by Gasteiger charge is -2.36. The van der Waals surface area contributed by atoms with Crippen LogP contribution in [0.2, 0.25) is 0 Å². The van der Waals surface area contributed by atoms with E-state index in [4.69, 9.17) is 4.74 Å². The van der Waals surface area contributed by atoms with Crippen LogP contribution in [-0.2, 0) is 4.79 Å². The molecule has 4 nitrogen and oxygen atoms in total. The van der Waals surface area contributed by atoms with Crippen molar-refractivity contribution in [1.29, 1.82) is 0 Å². The van der Waals surface area contributed by atoms with Crippen LogP contribution in [-0.4, -0.2) is 43.1 Å². The van der Waals surface area contributed by atoms with Crippen molar-refractivity contribution < 1.29 is 9.53 Å². The number of hydrogen-bond acceptors (Lipinski definition) is 3. The third kappa shape index (κ3) is 3.44. The normalized spacial score (nSPS) is 15.6. The molecule has 1 heterocycles. The van der Waals surface area contributed by atoms with Gasteiger partial charge in [0.05, 0.1) is 11.8 Å². The third-order valence-corrected chi connectivity index (χ3v) is 3.50. The van der Waals surface area contributed by atoms with E-state index in [1.54, 1.807) is 0 Å². The number of anilines is 1. The Bertz CT molecular complexity index is 452. The number of rotatable bonds is 4. The van der Waals surface area contributed by atoms with E-state index in [1.165, 1.54) is 0 Å². The van der Waals surface area contributed by atoms with Gasteiger partial charge in [-0.25, -0.2) is 0 Å². The van der Waals surface area contributed by atoms with Gasteiger partial charge in [0.15, 0.2) is 0 Å². The third-order valence-electron chi connectivity index (χ3n) is 3.50. The number of piperazine rings is 1. The van der Waals surface area contributed by atoms with Crippen LogP contribution in [0.3, 0.4) is 0 Å². The lowest BCUT2D eigenvalue weighted by molar-refractivity contribution is -0.131. The standard InChI is InChI=1S/C16H24N2O2/c1-4-16(19)18-11-9-17(10-12-18)14-7-5-6-8-15(14)20-13(2)3/h5-8,13H,4,9-12H2,1-3H3. The molecular formula is C16H24N2O2. The number of carbonyl (C=O) groups is 1. The molecule has 0 spiro atoms. The quantitative estimate of drug-likeness (QED) is 0.847. The zero-order valence-corrected chi connectivity index (χ0v) is 12.6. The molecule has 2 rings (SSSR count). The van der Waals surface area contributed by atoms with Gasteiger partial charge in [0.25, 0.3) is 0 Å². The van der Waals surface area contributed by atoms with Crippen molar-refractivity contribution in [3.63, 3.8) is 0 Å². The number of ether oxygens (including phenoxy) is 1. The van der Waals surface area contributed by atoms with Crippen LogP contribution < -0.4 is 9.64 Å². The summed E-state index contributed by atoms with van der Waals surface area (Å²) in [5.74, 6) is 1.18. The number of para-hydroxylation sites is 2. The van der Waals surface area contributed by atoms with Crippen molar-refractivity contribution in [1.82, 2.24) is 4.90 Å². The van der Waals surface area contributed by atoms with Gasteiger partial charge in [-0.1, -0.05) is 19.1 Å². The first-order valence-electron chi connectivity index (χ1n) is 7.40. The van der Waals surface area contributed by atoms with Gasteiger partial charge in [-0.05, 0) is 26.0 Å². The second kappa shape index (κ2) is 6.64. The van der Waals surface area contributed by atoms with Crippen LogP contribution in [0.25, 0.3) is 0 Å². The Hall–Kier alpha value is -1.71. The van der Waals surface area contributed by atoms with Gasteiger partial charge in [-0.2, -0.15) is 0 Å². The predicted molar refractivity (Wildman–Crippen MR) is 81.3 cm³/mol. The summed E-state index contributed by atoms with van der Waals surface area (Å²) in [6.07, 6.45) is 0.756. The molecule has 1 saturated heterocycles. The zero-order valence-electron chi connectivity index (χ0n) is 12.6. The maximum atomic E-state index is 11.7. The van der Waals surface area contributed by atoms with E-state index in [9.17, 15) is 4.79 Å². The Morgan fingerprint density at radius 1 is 1.20 bits per heavy atom. The fraction of sp³-hybridized carbons (Fsp3) is 0.562. The summed E-state index contributed by atoms with van der Waals surface area (Å²) in [6.45, 7) is 9.31. The van der Waals surface area contributed by atoms with Gasteiger partial charge in [0.1, 0.15) is 5.75 Å². The van der Waals surface area contributed by atoms with E-state index in [-0.39, 0.29) is 12.0 Å². The van der Waals surface area contributed by atoms with Gasteiger partial charge in [0.2, 0.25) is 5.91 Å². The Morgan fingerprint density at radius 3 is 2.45 bits per heavy atom. The van der Waals surface area contributed by atoms with E-state index in [0.29, 0.717) is 6.42 Å². The van der Waals surface area contributed by atoms with Gasteiger partial charge in [0, 0.05) is 32.6 Å². The maximum absolute atomic E-state index is 11.7.